The Morgan fingerprint density at radius 1 is 1.15 bits per heavy atom. The van der Waals surface area contributed by atoms with Crippen molar-refractivity contribution >= 4 is 23.3 Å². The molecule has 5 heteroatoms. The Morgan fingerprint density at radius 3 is 2.65 bits per heavy atom. The van der Waals surface area contributed by atoms with Gasteiger partial charge in [-0.05, 0) is 31.5 Å². The largest absolute Gasteiger partial charge is 0.352 e. The van der Waals surface area contributed by atoms with Crippen molar-refractivity contribution in [2.24, 2.45) is 5.92 Å². The summed E-state index contributed by atoms with van der Waals surface area (Å²) < 4.78 is 0. The van der Waals surface area contributed by atoms with Crippen molar-refractivity contribution in [3.8, 4) is 0 Å². The number of carbonyl (C=O) groups is 3. The predicted molar refractivity (Wildman–Crippen MR) is 99.9 cm³/mol. The standard InChI is InChI=1S/C21H22N2O3/c1-14-5-3-6-16(9-14)12-22-21(26)18-11-20(25)23(13-18)19-8-4-7-17(10-19)15(2)24/h3-10,18H,11-13H2,1-2H3,(H,22,26). The molecule has 2 aromatic carbocycles. The van der Waals surface area contributed by atoms with Crippen LogP contribution < -0.4 is 10.2 Å². The molecule has 0 saturated carbocycles. The molecule has 5 nitrogen and oxygen atoms in total. The van der Waals surface area contributed by atoms with Gasteiger partial charge in [0.2, 0.25) is 11.8 Å². The summed E-state index contributed by atoms with van der Waals surface area (Å²) in [7, 11) is 0. The summed E-state index contributed by atoms with van der Waals surface area (Å²) in [6, 6.07) is 14.9. The van der Waals surface area contributed by atoms with Crippen LogP contribution in [-0.4, -0.2) is 24.1 Å². The van der Waals surface area contributed by atoms with E-state index < -0.39 is 0 Å². The lowest BCUT2D eigenvalue weighted by atomic mass is 10.1. The molecule has 1 atom stereocenters. The van der Waals surface area contributed by atoms with E-state index in [9.17, 15) is 14.4 Å². The second-order valence-electron chi connectivity index (χ2n) is 6.72. The molecule has 1 unspecified atom stereocenters. The molecule has 26 heavy (non-hydrogen) atoms. The maximum absolute atomic E-state index is 12.5. The molecule has 134 valence electrons. The summed E-state index contributed by atoms with van der Waals surface area (Å²) in [5.41, 5.74) is 3.40. The smallest absolute Gasteiger partial charge is 0.227 e. The van der Waals surface area contributed by atoms with Crippen LogP contribution in [0, 0.1) is 12.8 Å². The zero-order valence-corrected chi connectivity index (χ0v) is 15.0. The SMILES string of the molecule is CC(=O)c1cccc(N2CC(C(=O)NCc3cccc(C)c3)CC2=O)c1. The van der Waals surface area contributed by atoms with E-state index in [1.54, 1.807) is 29.2 Å². The molecule has 1 aliphatic heterocycles. The van der Waals surface area contributed by atoms with Crippen molar-refractivity contribution in [2.45, 2.75) is 26.8 Å². The number of nitrogens with one attached hydrogen (secondary N) is 1. The number of Topliss-reactive ketones (excluding diaryl/α,β-unsaturated/α-hetero) is 1. The average molecular weight is 350 g/mol. The molecule has 0 spiro atoms. The van der Waals surface area contributed by atoms with Crippen LogP contribution in [0.1, 0.15) is 34.8 Å². The van der Waals surface area contributed by atoms with Crippen molar-refractivity contribution in [3.63, 3.8) is 0 Å². The molecule has 0 radical (unpaired) electrons. The minimum absolute atomic E-state index is 0.0501. The molecule has 1 aliphatic rings. The number of hydrogen-bond donors (Lipinski definition) is 1. The quantitative estimate of drug-likeness (QED) is 0.843. The molecule has 0 bridgehead atoms. The van der Waals surface area contributed by atoms with Crippen molar-refractivity contribution in [3.05, 3.63) is 65.2 Å². The number of aryl methyl sites for hydroxylation is 1. The first-order valence-corrected chi connectivity index (χ1v) is 8.68. The summed E-state index contributed by atoms with van der Waals surface area (Å²) in [4.78, 5) is 37.9. The summed E-state index contributed by atoms with van der Waals surface area (Å²) in [5.74, 6) is -0.647. The molecule has 0 aromatic heterocycles. The van der Waals surface area contributed by atoms with E-state index in [-0.39, 0.29) is 29.9 Å². The lowest BCUT2D eigenvalue weighted by Crippen LogP contribution is -2.32. The number of hydrogen-bond acceptors (Lipinski definition) is 3. The maximum Gasteiger partial charge on any atom is 0.227 e. The molecule has 0 aliphatic carbocycles. The fourth-order valence-electron chi connectivity index (χ4n) is 3.18. The van der Waals surface area contributed by atoms with Crippen LogP contribution >= 0.6 is 0 Å². The van der Waals surface area contributed by atoms with Gasteiger partial charge in [0, 0.05) is 30.8 Å². The number of nitrogens with zero attached hydrogens (tertiary/aromatic N) is 1. The Balaban J connectivity index is 1.64. The van der Waals surface area contributed by atoms with E-state index in [2.05, 4.69) is 5.32 Å². The summed E-state index contributed by atoms with van der Waals surface area (Å²) in [5, 5.41) is 2.92. The van der Waals surface area contributed by atoms with Crippen LogP contribution in [0.4, 0.5) is 5.69 Å². The highest BCUT2D eigenvalue weighted by Gasteiger charge is 2.35. The van der Waals surface area contributed by atoms with Crippen LogP contribution in [0.5, 0.6) is 0 Å². The van der Waals surface area contributed by atoms with Crippen LogP contribution in [0.15, 0.2) is 48.5 Å². The first-order chi connectivity index (χ1) is 12.4. The Morgan fingerprint density at radius 2 is 1.92 bits per heavy atom. The van der Waals surface area contributed by atoms with Gasteiger partial charge in [0.15, 0.2) is 5.78 Å². The molecule has 2 amide bonds. The Bertz CT molecular complexity index is 860. The third kappa shape index (κ3) is 3.99. The third-order valence-corrected chi connectivity index (χ3v) is 4.61. The topological polar surface area (TPSA) is 66.5 Å². The second kappa shape index (κ2) is 7.52. The predicted octanol–water partition coefficient (Wildman–Crippen LogP) is 2.87. The fourth-order valence-corrected chi connectivity index (χ4v) is 3.18. The monoisotopic (exact) mass is 350 g/mol. The van der Waals surface area contributed by atoms with Crippen molar-refractivity contribution in [2.75, 3.05) is 11.4 Å². The van der Waals surface area contributed by atoms with E-state index in [1.807, 2.05) is 31.2 Å². The zero-order chi connectivity index (χ0) is 18.7. The molecule has 1 saturated heterocycles. The Kier molecular flexibility index (Phi) is 5.16. The number of carbonyl (C=O) groups excluding carboxylic acids is 3. The molecular weight excluding hydrogens is 328 g/mol. The van der Waals surface area contributed by atoms with Gasteiger partial charge in [0.1, 0.15) is 0 Å². The molecule has 2 aromatic rings. The highest BCUT2D eigenvalue weighted by Crippen LogP contribution is 2.26. The van der Waals surface area contributed by atoms with Gasteiger partial charge in [-0.15, -0.1) is 0 Å². The Hall–Kier alpha value is -2.95. The van der Waals surface area contributed by atoms with E-state index in [1.165, 1.54) is 6.92 Å². The number of rotatable bonds is 5. The number of benzene rings is 2. The van der Waals surface area contributed by atoms with E-state index in [0.29, 0.717) is 24.3 Å². The van der Waals surface area contributed by atoms with Crippen LogP contribution in [0.25, 0.3) is 0 Å². The van der Waals surface area contributed by atoms with Crippen molar-refractivity contribution in [1.82, 2.24) is 5.32 Å². The lowest BCUT2D eigenvalue weighted by molar-refractivity contribution is -0.126. The van der Waals surface area contributed by atoms with Gasteiger partial charge in [-0.25, -0.2) is 0 Å². The van der Waals surface area contributed by atoms with Crippen molar-refractivity contribution < 1.29 is 14.4 Å². The van der Waals surface area contributed by atoms with Gasteiger partial charge in [-0.2, -0.15) is 0 Å². The normalized spacial score (nSPS) is 16.6. The third-order valence-electron chi connectivity index (χ3n) is 4.61. The van der Waals surface area contributed by atoms with Crippen LogP contribution in [-0.2, 0) is 16.1 Å². The van der Waals surface area contributed by atoms with Crippen LogP contribution in [0.3, 0.4) is 0 Å². The Labute approximate surface area is 153 Å². The van der Waals surface area contributed by atoms with Gasteiger partial charge < -0.3 is 10.2 Å². The number of anilines is 1. The van der Waals surface area contributed by atoms with Gasteiger partial charge in [0.05, 0.1) is 5.92 Å². The number of amides is 2. The van der Waals surface area contributed by atoms with E-state index in [4.69, 9.17) is 0 Å². The van der Waals surface area contributed by atoms with Gasteiger partial charge in [0.25, 0.3) is 0 Å². The summed E-state index contributed by atoms with van der Waals surface area (Å²) in [6.45, 7) is 4.28. The van der Waals surface area contributed by atoms with Crippen LogP contribution in [0.2, 0.25) is 0 Å². The number of ketones is 1. The summed E-state index contributed by atoms with van der Waals surface area (Å²) in [6.07, 6.45) is 0.184. The summed E-state index contributed by atoms with van der Waals surface area (Å²) >= 11 is 0. The minimum Gasteiger partial charge on any atom is -0.352 e. The first-order valence-electron chi connectivity index (χ1n) is 8.68. The highest BCUT2D eigenvalue weighted by atomic mass is 16.2. The van der Waals surface area contributed by atoms with E-state index >= 15 is 0 Å². The molecule has 1 heterocycles. The molecule has 1 fully saturated rings. The average Bonchev–Trinajstić information content (AvgIpc) is 3.02. The van der Waals surface area contributed by atoms with Gasteiger partial charge in [-0.1, -0.05) is 42.0 Å². The highest BCUT2D eigenvalue weighted by molar-refractivity contribution is 6.02. The second-order valence-corrected chi connectivity index (χ2v) is 6.72. The maximum atomic E-state index is 12.5. The molecule has 3 rings (SSSR count). The van der Waals surface area contributed by atoms with Gasteiger partial charge in [-0.3, -0.25) is 14.4 Å². The van der Waals surface area contributed by atoms with E-state index in [0.717, 1.165) is 11.1 Å². The van der Waals surface area contributed by atoms with Crippen molar-refractivity contribution in [1.29, 1.82) is 0 Å². The minimum atomic E-state index is -0.381. The zero-order valence-electron chi connectivity index (χ0n) is 15.0. The van der Waals surface area contributed by atoms with Gasteiger partial charge >= 0.3 is 0 Å². The fraction of sp³-hybridized carbons (Fsp3) is 0.286. The lowest BCUT2D eigenvalue weighted by Gasteiger charge is -2.17. The molecule has 1 N–H and O–H groups in total. The molecular formula is C21H22N2O3. The first kappa shape index (κ1) is 17.9.